The van der Waals surface area contributed by atoms with E-state index >= 15 is 0 Å². The molecule has 6 heteroatoms. The standard InChI is InChI=1S/C29H30N4O2/c1-20-8-12-22(13-9-20)28(34)32-27(18-21-10-14-24(15-11-21)33(2)3)29(35)30-17-16-23-19-31-26-7-5-4-6-25(23)26/h4-15,18-19,31H,16-17H2,1-3H3,(H,30,35)(H,32,34). The third-order valence-electron chi connectivity index (χ3n) is 5.88. The van der Waals surface area contributed by atoms with Gasteiger partial charge in [-0.05, 0) is 60.9 Å². The largest absolute Gasteiger partial charge is 0.378 e. The summed E-state index contributed by atoms with van der Waals surface area (Å²) in [6.07, 6.45) is 4.35. The molecule has 3 N–H and O–H groups in total. The number of anilines is 1. The van der Waals surface area contributed by atoms with E-state index in [9.17, 15) is 9.59 Å². The highest BCUT2D eigenvalue weighted by atomic mass is 16.2. The number of H-pyrrole nitrogens is 1. The highest BCUT2D eigenvalue weighted by Gasteiger charge is 2.15. The van der Waals surface area contributed by atoms with Crippen molar-refractivity contribution < 1.29 is 9.59 Å². The van der Waals surface area contributed by atoms with E-state index in [0.29, 0.717) is 18.5 Å². The summed E-state index contributed by atoms with van der Waals surface area (Å²) in [6.45, 7) is 2.41. The van der Waals surface area contributed by atoms with E-state index in [2.05, 4.69) is 21.7 Å². The van der Waals surface area contributed by atoms with Gasteiger partial charge >= 0.3 is 0 Å². The molecular formula is C29H30N4O2. The first-order chi connectivity index (χ1) is 16.9. The predicted molar refractivity (Wildman–Crippen MR) is 142 cm³/mol. The van der Waals surface area contributed by atoms with Crippen molar-refractivity contribution >= 4 is 34.5 Å². The minimum atomic E-state index is -0.331. The van der Waals surface area contributed by atoms with Crippen LogP contribution < -0.4 is 15.5 Å². The molecule has 178 valence electrons. The highest BCUT2D eigenvalue weighted by Crippen LogP contribution is 2.18. The lowest BCUT2D eigenvalue weighted by Gasteiger charge is -2.13. The molecule has 4 aromatic rings. The molecule has 0 aliphatic rings. The molecule has 0 aliphatic heterocycles. The maximum atomic E-state index is 13.1. The second-order valence-electron chi connectivity index (χ2n) is 8.73. The molecule has 0 radical (unpaired) electrons. The monoisotopic (exact) mass is 466 g/mol. The molecule has 6 nitrogen and oxygen atoms in total. The maximum Gasteiger partial charge on any atom is 0.267 e. The molecule has 0 bridgehead atoms. The molecule has 3 aromatic carbocycles. The molecule has 0 spiro atoms. The predicted octanol–water partition coefficient (Wildman–Crippen LogP) is 4.67. The van der Waals surface area contributed by atoms with Gasteiger partial charge < -0.3 is 20.5 Å². The first-order valence-corrected chi connectivity index (χ1v) is 11.6. The van der Waals surface area contributed by atoms with Gasteiger partial charge in [-0.2, -0.15) is 0 Å². The molecule has 0 unspecified atom stereocenters. The number of hydrogen-bond donors (Lipinski definition) is 3. The number of carbonyl (C=O) groups is 2. The third kappa shape index (κ3) is 5.98. The Labute approximate surface area is 205 Å². The Balaban J connectivity index is 1.50. The number of carbonyl (C=O) groups excluding carboxylic acids is 2. The molecule has 4 rings (SSSR count). The van der Waals surface area contributed by atoms with Crippen LogP contribution in [0.2, 0.25) is 0 Å². The smallest absolute Gasteiger partial charge is 0.267 e. The van der Waals surface area contributed by atoms with Gasteiger partial charge in [0.05, 0.1) is 0 Å². The number of aromatic nitrogens is 1. The van der Waals surface area contributed by atoms with Crippen LogP contribution in [0.15, 0.2) is 84.7 Å². The van der Waals surface area contributed by atoms with Crippen molar-refractivity contribution in [2.24, 2.45) is 0 Å². The fourth-order valence-electron chi connectivity index (χ4n) is 3.84. The number of aryl methyl sites for hydroxylation is 1. The molecule has 1 aromatic heterocycles. The van der Waals surface area contributed by atoms with E-state index < -0.39 is 0 Å². The number of nitrogens with zero attached hydrogens (tertiary/aromatic N) is 1. The Bertz CT molecular complexity index is 1350. The van der Waals surface area contributed by atoms with Crippen molar-refractivity contribution in [2.45, 2.75) is 13.3 Å². The Hall–Kier alpha value is -4.32. The fraction of sp³-hybridized carbons (Fsp3) is 0.172. The number of para-hydroxylation sites is 1. The van der Waals surface area contributed by atoms with E-state index in [-0.39, 0.29) is 17.5 Å². The summed E-state index contributed by atoms with van der Waals surface area (Å²) in [5, 5.41) is 6.91. The normalized spacial score (nSPS) is 11.3. The number of hydrogen-bond acceptors (Lipinski definition) is 3. The zero-order chi connectivity index (χ0) is 24.8. The quantitative estimate of drug-likeness (QED) is 0.330. The Morgan fingerprint density at radius 2 is 1.66 bits per heavy atom. The molecule has 0 saturated carbocycles. The zero-order valence-corrected chi connectivity index (χ0v) is 20.3. The van der Waals surface area contributed by atoms with Gasteiger partial charge in [0.1, 0.15) is 5.70 Å². The van der Waals surface area contributed by atoms with Crippen LogP contribution in [0.4, 0.5) is 5.69 Å². The number of amides is 2. The van der Waals surface area contributed by atoms with Gasteiger partial charge in [-0.15, -0.1) is 0 Å². The van der Waals surface area contributed by atoms with Gasteiger partial charge in [-0.3, -0.25) is 9.59 Å². The first kappa shape index (κ1) is 23.8. The summed E-state index contributed by atoms with van der Waals surface area (Å²) < 4.78 is 0. The summed E-state index contributed by atoms with van der Waals surface area (Å²) in [5.41, 5.74) is 5.84. The molecule has 1 heterocycles. The maximum absolute atomic E-state index is 13.1. The van der Waals surface area contributed by atoms with E-state index in [1.54, 1.807) is 18.2 Å². The van der Waals surface area contributed by atoms with E-state index in [1.807, 2.05) is 86.7 Å². The average Bonchev–Trinajstić information content (AvgIpc) is 3.27. The highest BCUT2D eigenvalue weighted by molar-refractivity contribution is 6.05. The van der Waals surface area contributed by atoms with Crippen molar-refractivity contribution in [3.8, 4) is 0 Å². The van der Waals surface area contributed by atoms with Crippen LogP contribution in [-0.2, 0) is 11.2 Å². The van der Waals surface area contributed by atoms with Gasteiger partial charge in [-0.25, -0.2) is 0 Å². The summed E-state index contributed by atoms with van der Waals surface area (Å²) >= 11 is 0. The van der Waals surface area contributed by atoms with Crippen LogP contribution >= 0.6 is 0 Å². The van der Waals surface area contributed by atoms with Crippen molar-refractivity contribution in [1.29, 1.82) is 0 Å². The second kappa shape index (κ2) is 10.7. The Morgan fingerprint density at radius 3 is 2.37 bits per heavy atom. The fourth-order valence-corrected chi connectivity index (χ4v) is 3.84. The number of nitrogens with one attached hydrogen (secondary N) is 3. The number of rotatable bonds is 8. The van der Waals surface area contributed by atoms with Gasteiger partial charge in [0, 0.05) is 49.0 Å². The van der Waals surface area contributed by atoms with Crippen LogP contribution in [0, 0.1) is 6.92 Å². The first-order valence-electron chi connectivity index (χ1n) is 11.6. The Kier molecular flexibility index (Phi) is 7.31. The van der Waals surface area contributed by atoms with E-state index in [0.717, 1.165) is 33.3 Å². The lowest BCUT2D eigenvalue weighted by atomic mass is 10.1. The number of aromatic amines is 1. The number of fused-ring (bicyclic) bond motifs is 1. The zero-order valence-electron chi connectivity index (χ0n) is 20.3. The second-order valence-corrected chi connectivity index (χ2v) is 8.73. The van der Waals surface area contributed by atoms with Crippen LogP contribution in [0.1, 0.15) is 27.0 Å². The molecule has 0 atom stereocenters. The summed E-state index contributed by atoms with van der Waals surface area (Å²) in [5.74, 6) is -0.657. The molecule has 0 saturated heterocycles. The summed E-state index contributed by atoms with van der Waals surface area (Å²) in [7, 11) is 3.94. The summed E-state index contributed by atoms with van der Waals surface area (Å²) in [4.78, 5) is 31.3. The SMILES string of the molecule is Cc1ccc(C(=O)NC(=Cc2ccc(N(C)C)cc2)C(=O)NCCc2c[nH]c3ccccc23)cc1. The third-order valence-corrected chi connectivity index (χ3v) is 5.88. The number of benzene rings is 3. The minimum absolute atomic E-state index is 0.201. The molecule has 0 fully saturated rings. The van der Waals surface area contributed by atoms with Crippen molar-refractivity contribution in [1.82, 2.24) is 15.6 Å². The van der Waals surface area contributed by atoms with Crippen molar-refractivity contribution in [2.75, 3.05) is 25.5 Å². The molecule has 0 aliphatic carbocycles. The van der Waals surface area contributed by atoms with Crippen LogP contribution in [-0.4, -0.2) is 37.4 Å². The lowest BCUT2D eigenvalue weighted by molar-refractivity contribution is -0.117. The van der Waals surface area contributed by atoms with Gasteiger partial charge in [0.15, 0.2) is 0 Å². The minimum Gasteiger partial charge on any atom is -0.378 e. The van der Waals surface area contributed by atoms with E-state index in [1.165, 1.54) is 0 Å². The summed E-state index contributed by atoms with van der Waals surface area (Å²) in [6, 6.07) is 23.1. The molecular weight excluding hydrogens is 436 g/mol. The van der Waals surface area contributed by atoms with Crippen LogP contribution in [0.3, 0.4) is 0 Å². The van der Waals surface area contributed by atoms with Gasteiger partial charge in [-0.1, -0.05) is 48.0 Å². The molecule has 2 amide bonds. The van der Waals surface area contributed by atoms with Crippen LogP contribution in [0.25, 0.3) is 17.0 Å². The van der Waals surface area contributed by atoms with E-state index in [4.69, 9.17) is 0 Å². The van der Waals surface area contributed by atoms with Crippen molar-refractivity contribution in [3.63, 3.8) is 0 Å². The van der Waals surface area contributed by atoms with Crippen LogP contribution in [0.5, 0.6) is 0 Å². The average molecular weight is 467 g/mol. The lowest BCUT2D eigenvalue weighted by Crippen LogP contribution is -2.35. The Morgan fingerprint density at radius 1 is 0.943 bits per heavy atom. The van der Waals surface area contributed by atoms with Gasteiger partial charge in [0.25, 0.3) is 11.8 Å². The van der Waals surface area contributed by atoms with Crippen molar-refractivity contribution in [3.05, 3.63) is 107 Å². The topological polar surface area (TPSA) is 77.2 Å². The molecule has 35 heavy (non-hydrogen) atoms. The van der Waals surface area contributed by atoms with Gasteiger partial charge in [0.2, 0.25) is 0 Å².